The first-order valence-electron chi connectivity index (χ1n) is 10.6. The summed E-state index contributed by atoms with van der Waals surface area (Å²) in [6, 6.07) is 0.712. The van der Waals surface area contributed by atoms with Gasteiger partial charge in [-0.25, -0.2) is 0 Å². The average Bonchev–Trinajstić information content (AvgIpc) is 2.52. The predicted molar refractivity (Wildman–Crippen MR) is 103 cm³/mol. The molecule has 2 heteroatoms. The molecule has 0 spiro atoms. The van der Waals surface area contributed by atoms with E-state index in [4.69, 9.17) is 4.74 Å². The molecule has 23 heavy (non-hydrogen) atoms. The quantitative estimate of drug-likeness (QED) is 0.332. The van der Waals surface area contributed by atoms with Crippen molar-refractivity contribution in [3.8, 4) is 0 Å². The van der Waals surface area contributed by atoms with Crippen LogP contribution in [0.25, 0.3) is 0 Å². The summed E-state index contributed by atoms with van der Waals surface area (Å²) in [4.78, 5) is 0. The molecule has 0 saturated carbocycles. The molecule has 0 fully saturated rings. The van der Waals surface area contributed by atoms with Crippen molar-refractivity contribution in [2.75, 3.05) is 13.2 Å². The van der Waals surface area contributed by atoms with Crippen molar-refractivity contribution < 1.29 is 10.1 Å². The summed E-state index contributed by atoms with van der Waals surface area (Å²) in [5.41, 5.74) is 0. The molecule has 0 aromatic heterocycles. The van der Waals surface area contributed by atoms with E-state index in [9.17, 15) is 0 Å². The maximum Gasteiger partial charge on any atom is 0.0802 e. The Hall–Kier alpha value is -0.0800. The SMILES string of the molecule is CCCCCCCCCCCCCC(C)OCCC[NH2+]C(C)C. The van der Waals surface area contributed by atoms with E-state index in [2.05, 4.69) is 33.0 Å². The minimum absolute atomic E-state index is 0.451. The molecule has 0 radical (unpaired) electrons. The van der Waals surface area contributed by atoms with Crippen molar-refractivity contribution in [1.82, 2.24) is 0 Å². The minimum atomic E-state index is 0.451. The van der Waals surface area contributed by atoms with Crippen LogP contribution in [0.15, 0.2) is 0 Å². The van der Waals surface area contributed by atoms with Crippen molar-refractivity contribution in [2.45, 2.75) is 123 Å². The zero-order valence-electron chi connectivity index (χ0n) is 16.7. The van der Waals surface area contributed by atoms with Gasteiger partial charge in [0.2, 0.25) is 0 Å². The molecule has 2 N–H and O–H groups in total. The van der Waals surface area contributed by atoms with E-state index in [0.717, 1.165) is 6.61 Å². The lowest BCUT2D eigenvalue weighted by Crippen LogP contribution is -2.88. The van der Waals surface area contributed by atoms with E-state index < -0.39 is 0 Å². The third-order valence-corrected chi connectivity index (χ3v) is 4.60. The van der Waals surface area contributed by atoms with Gasteiger partial charge in [-0.3, -0.25) is 0 Å². The van der Waals surface area contributed by atoms with E-state index in [0.29, 0.717) is 12.1 Å². The Morgan fingerprint density at radius 1 is 0.696 bits per heavy atom. The lowest BCUT2D eigenvalue weighted by atomic mass is 10.0. The van der Waals surface area contributed by atoms with Gasteiger partial charge >= 0.3 is 0 Å². The van der Waals surface area contributed by atoms with Crippen LogP contribution in [0.1, 0.15) is 111 Å². The van der Waals surface area contributed by atoms with Crippen LogP contribution in [0, 0.1) is 0 Å². The highest BCUT2D eigenvalue weighted by Gasteiger charge is 2.03. The molecule has 0 bridgehead atoms. The molecule has 0 amide bonds. The number of quaternary nitrogens is 1. The van der Waals surface area contributed by atoms with Gasteiger partial charge in [0.25, 0.3) is 0 Å². The molecule has 0 saturated heterocycles. The molecule has 0 rings (SSSR count). The fourth-order valence-electron chi connectivity index (χ4n) is 3.00. The lowest BCUT2D eigenvalue weighted by molar-refractivity contribution is -0.683. The molecule has 140 valence electrons. The first kappa shape index (κ1) is 22.9. The Kier molecular flexibility index (Phi) is 18.2. The van der Waals surface area contributed by atoms with Gasteiger partial charge in [-0.15, -0.1) is 0 Å². The fraction of sp³-hybridized carbons (Fsp3) is 1.00. The lowest BCUT2D eigenvalue weighted by Gasteiger charge is -2.13. The van der Waals surface area contributed by atoms with Gasteiger partial charge in [-0.05, 0) is 27.2 Å². The monoisotopic (exact) mass is 328 g/mol. The summed E-state index contributed by atoms with van der Waals surface area (Å²) in [5, 5.41) is 2.39. The van der Waals surface area contributed by atoms with Gasteiger partial charge in [0, 0.05) is 6.42 Å². The summed E-state index contributed by atoms with van der Waals surface area (Å²) in [7, 11) is 0. The maximum absolute atomic E-state index is 5.90. The Morgan fingerprint density at radius 3 is 1.74 bits per heavy atom. The summed E-state index contributed by atoms with van der Waals surface area (Å²) >= 11 is 0. The molecule has 0 aromatic rings. The molecule has 0 heterocycles. The predicted octanol–water partition coefficient (Wildman–Crippen LogP) is 5.45. The van der Waals surface area contributed by atoms with E-state index in [-0.39, 0.29) is 0 Å². The Labute approximate surface area is 147 Å². The van der Waals surface area contributed by atoms with Gasteiger partial charge in [0.05, 0.1) is 25.3 Å². The average molecular weight is 329 g/mol. The second-order valence-electron chi connectivity index (χ2n) is 7.63. The highest BCUT2D eigenvalue weighted by molar-refractivity contribution is 4.53. The highest BCUT2D eigenvalue weighted by atomic mass is 16.5. The van der Waals surface area contributed by atoms with E-state index in [1.165, 1.54) is 90.0 Å². The minimum Gasteiger partial charge on any atom is -0.378 e. The van der Waals surface area contributed by atoms with Crippen LogP contribution in [0.3, 0.4) is 0 Å². The molecule has 0 aromatic carbocycles. The number of unbranched alkanes of at least 4 members (excludes halogenated alkanes) is 10. The maximum atomic E-state index is 5.90. The van der Waals surface area contributed by atoms with Gasteiger partial charge in [0.1, 0.15) is 0 Å². The second kappa shape index (κ2) is 18.3. The highest BCUT2D eigenvalue weighted by Crippen LogP contribution is 2.13. The van der Waals surface area contributed by atoms with Gasteiger partial charge in [-0.1, -0.05) is 77.6 Å². The molecule has 2 nitrogen and oxygen atoms in total. The van der Waals surface area contributed by atoms with Crippen molar-refractivity contribution >= 4 is 0 Å². The number of rotatable bonds is 18. The zero-order chi connectivity index (χ0) is 17.2. The molecule has 0 aliphatic carbocycles. The van der Waals surface area contributed by atoms with Crippen molar-refractivity contribution in [3.05, 3.63) is 0 Å². The first-order chi connectivity index (χ1) is 11.2. The Morgan fingerprint density at radius 2 is 1.22 bits per heavy atom. The molecule has 1 unspecified atom stereocenters. The summed E-state index contributed by atoms with van der Waals surface area (Å²) in [6.07, 6.45) is 18.5. The van der Waals surface area contributed by atoms with Crippen LogP contribution in [-0.4, -0.2) is 25.3 Å². The van der Waals surface area contributed by atoms with E-state index >= 15 is 0 Å². The van der Waals surface area contributed by atoms with Crippen molar-refractivity contribution in [2.24, 2.45) is 0 Å². The number of nitrogens with two attached hydrogens (primary N) is 1. The third kappa shape index (κ3) is 19.9. The van der Waals surface area contributed by atoms with Crippen LogP contribution in [0.4, 0.5) is 0 Å². The summed E-state index contributed by atoms with van der Waals surface area (Å²) in [6.45, 7) is 11.1. The molecule has 1 atom stereocenters. The smallest absolute Gasteiger partial charge is 0.0802 e. The van der Waals surface area contributed by atoms with E-state index in [1.54, 1.807) is 0 Å². The summed E-state index contributed by atoms with van der Waals surface area (Å²) < 4.78 is 5.90. The number of ether oxygens (including phenoxy) is 1. The number of hydrogen-bond acceptors (Lipinski definition) is 1. The van der Waals surface area contributed by atoms with Gasteiger partial charge in [0.15, 0.2) is 0 Å². The van der Waals surface area contributed by atoms with Crippen LogP contribution in [0.5, 0.6) is 0 Å². The molecular weight excluding hydrogens is 282 g/mol. The molecule has 0 aliphatic rings. The third-order valence-electron chi connectivity index (χ3n) is 4.60. The second-order valence-corrected chi connectivity index (χ2v) is 7.63. The Balaban J connectivity index is 3.13. The van der Waals surface area contributed by atoms with Crippen LogP contribution in [-0.2, 0) is 4.74 Å². The van der Waals surface area contributed by atoms with Crippen LogP contribution < -0.4 is 5.32 Å². The van der Waals surface area contributed by atoms with Crippen LogP contribution in [0.2, 0.25) is 0 Å². The van der Waals surface area contributed by atoms with Crippen molar-refractivity contribution in [1.29, 1.82) is 0 Å². The summed E-state index contributed by atoms with van der Waals surface area (Å²) in [5.74, 6) is 0. The molecular formula is C21H46NO+. The van der Waals surface area contributed by atoms with Crippen LogP contribution >= 0.6 is 0 Å². The van der Waals surface area contributed by atoms with Gasteiger partial charge < -0.3 is 10.1 Å². The Bertz CT molecular complexity index is 218. The largest absolute Gasteiger partial charge is 0.378 e. The topological polar surface area (TPSA) is 25.8 Å². The first-order valence-corrected chi connectivity index (χ1v) is 10.6. The molecule has 0 aliphatic heterocycles. The zero-order valence-corrected chi connectivity index (χ0v) is 16.7. The van der Waals surface area contributed by atoms with Crippen molar-refractivity contribution in [3.63, 3.8) is 0 Å². The normalized spacial score (nSPS) is 12.9. The van der Waals surface area contributed by atoms with Gasteiger partial charge in [-0.2, -0.15) is 0 Å². The van der Waals surface area contributed by atoms with E-state index in [1.807, 2.05) is 0 Å². The number of hydrogen-bond donors (Lipinski definition) is 1. The standard InChI is InChI=1S/C21H45NO/c1-5-6-7-8-9-10-11-12-13-14-15-17-21(4)23-19-16-18-22-20(2)3/h20-22H,5-19H2,1-4H3/p+1. The fourth-order valence-corrected chi connectivity index (χ4v) is 3.00.